The Kier molecular flexibility index (Phi) is 6.31. The number of aromatic hydroxyl groups is 1. The molecular weight excluding hydrogens is 258 g/mol. The zero-order valence-corrected chi connectivity index (χ0v) is 12.3. The van der Waals surface area contributed by atoms with Crippen molar-refractivity contribution in [1.82, 2.24) is 4.90 Å². The van der Waals surface area contributed by atoms with Crippen LogP contribution in [-0.2, 0) is 11.2 Å². The number of benzene rings is 1. The van der Waals surface area contributed by atoms with Gasteiger partial charge in [0.25, 0.3) is 0 Å². The van der Waals surface area contributed by atoms with E-state index in [1.165, 1.54) is 0 Å². The molecule has 5 heteroatoms. The van der Waals surface area contributed by atoms with Crippen LogP contribution in [0.15, 0.2) is 18.2 Å². The van der Waals surface area contributed by atoms with Gasteiger partial charge in [0.1, 0.15) is 0 Å². The van der Waals surface area contributed by atoms with Crippen molar-refractivity contribution in [3.63, 3.8) is 0 Å². The monoisotopic (exact) mass is 281 g/mol. The second-order valence-electron chi connectivity index (χ2n) is 4.87. The highest BCUT2D eigenvalue weighted by atomic mass is 16.5. The third-order valence-electron chi connectivity index (χ3n) is 3.33. The van der Waals surface area contributed by atoms with Crippen LogP contribution in [0.2, 0.25) is 0 Å². The van der Waals surface area contributed by atoms with Crippen molar-refractivity contribution in [2.45, 2.75) is 32.7 Å². The molecule has 0 spiro atoms. The van der Waals surface area contributed by atoms with Crippen LogP contribution in [0.3, 0.4) is 0 Å². The van der Waals surface area contributed by atoms with Crippen molar-refractivity contribution in [3.05, 3.63) is 23.8 Å². The molecule has 0 saturated heterocycles. The van der Waals surface area contributed by atoms with Crippen molar-refractivity contribution in [3.8, 4) is 11.5 Å². The standard InChI is InChI=1S/C15H23NO4/c1-4-20-13-7-5-6-12(15(13)19)10-11(2)16(3)9-8-14(17)18/h5-7,11,19H,4,8-10H2,1-3H3,(H,17,18). The second-order valence-corrected chi connectivity index (χ2v) is 4.87. The van der Waals surface area contributed by atoms with Crippen LogP contribution >= 0.6 is 0 Å². The molecule has 0 amide bonds. The van der Waals surface area contributed by atoms with E-state index in [-0.39, 0.29) is 18.2 Å². The number of aliphatic carboxylic acids is 1. The lowest BCUT2D eigenvalue weighted by molar-refractivity contribution is -0.137. The van der Waals surface area contributed by atoms with Gasteiger partial charge in [0.15, 0.2) is 11.5 Å². The molecule has 1 unspecified atom stereocenters. The molecule has 0 fully saturated rings. The number of phenolic OH excluding ortho intramolecular Hbond substituents is 1. The Morgan fingerprint density at radius 2 is 2.15 bits per heavy atom. The zero-order chi connectivity index (χ0) is 15.1. The van der Waals surface area contributed by atoms with E-state index in [9.17, 15) is 9.90 Å². The Balaban J connectivity index is 2.67. The summed E-state index contributed by atoms with van der Waals surface area (Å²) in [4.78, 5) is 12.5. The summed E-state index contributed by atoms with van der Waals surface area (Å²) < 4.78 is 5.36. The molecule has 1 rings (SSSR count). The molecular formula is C15H23NO4. The average molecular weight is 281 g/mol. The number of likely N-dealkylation sites (N-methyl/N-ethyl adjacent to an activating group) is 1. The predicted molar refractivity (Wildman–Crippen MR) is 77.3 cm³/mol. The highest BCUT2D eigenvalue weighted by molar-refractivity contribution is 5.66. The fourth-order valence-corrected chi connectivity index (χ4v) is 1.97. The Hall–Kier alpha value is -1.75. The lowest BCUT2D eigenvalue weighted by Crippen LogP contribution is -2.32. The fourth-order valence-electron chi connectivity index (χ4n) is 1.97. The van der Waals surface area contributed by atoms with Crippen LogP contribution < -0.4 is 4.74 Å². The topological polar surface area (TPSA) is 70.0 Å². The number of rotatable bonds is 8. The van der Waals surface area contributed by atoms with E-state index in [4.69, 9.17) is 9.84 Å². The van der Waals surface area contributed by atoms with Gasteiger partial charge in [0.2, 0.25) is 0 Å². The molecule has 0 aliphatic heterocycles. The van der Waals surface area contributed by atoms with Gasteiger partial charge in [-0.1, -0.05) is 12.1 Å². The third kappa shape index (κ3) is 4.74. The summed E-state index contributed by atoms with van der Waals surface area (Å²) in [5, 5.41) is 18.8. The number of nitrogens with zero attached hydrogens (tertiary/aromatic N) is 1. The molecule has 0 aliphatic rings. The van der Waals surface area contributed by atoms with Crippen molar-refractivity contribution < 1.29 is 19.7 Å². The molecule has 1 aromatic rings. The van der Waals surface area contributed by atoms with E-state index in [0.717, 1.165) is 5.56 Å². The number of para-hydroxylation sites is 1. The minimum Gasteiger partial charge on any atom is -0.504 e. The highest BCUT2D eigenvalue weighted by Crippen LogP contribution is 2.30. The number of carboxylic acids is 1. The first-order valence-corrected chi connectivity index (χ1v) is 6.81. The second kappa shape index (κ2) is 7.75. The van der Waals surface area contributed by atoms with E-state index in [2.05, 4.69) is 0 Å². The van der Waals surface area contributed by atoms with E-state index in [1.807, 2.05) is 37.9 Å². The maximum absolute atomic E-state index is 10.6. The van der Waals surface area contributed by atoms with E-state index in [1.54, 1.807) is 6.07 Å². The third-order valence-corrected chi connectivity index (χ3v) is 3.33. The van der Waals surface area contributed by atoms with Crippen LogP contribution in [0, 0.1) is 0 Å². The summed E-state index contributed by atoms with van der Waals surface area (Å²) in [6, 6.07) is 5.59. The van der Waals surface area contributed by atoms with E-state index < -0.39 is 5.97 Å². The van der Waals surface area contributed by atoms with E-state index >= 15 is 0 Å². The quantitative estimate of drug-likeness (QED) is 0.764. The molecule has 0 saturated carbocycles. The number of carboxylic acid groups (broad SMARTS) is 1. The van der Waals surface area contributed by atoms with Crippen molar-refractivity contribution in [1.29, 1.82) is 0 Å². The number of ether oxygens (including phenoxy) is 1. The van der Waals surface area contributed by atoms with Gasteiger partial charge in [-0.3, -0.25) is 4.79 Å². The summed E-state index contributed by atoms with van der Waals surface area (Å²) in [6.07, 6.45) is 0.759. The van der Waals surface area contributed by atoms with Gasteiger partial charge in [-0.05, 0) is 38.9 Å². The molecule has 0 aliphatic carbocycles. The minimum absolute atomic E-state index is 0.117. The Labute approximate surface area is 119 Å². The first kappa shape index (κ1) is 16.3. The Morgan fingerprint density at radius 3 is 2.75 bits per heavy atom. The first-order valence-electron chi connectivity index (χ1n) is 6.81. The predicted octanol–water partition coefficient (Wildman–Crippen LogP) is 2.13. The number of hydrogen-bond donors (Lipinski definition) is 2. The van der Waals surface area contributed by atoms with Gasteiger partial charge in [0.05, 0.1) is 13.0 Å². The Morgan fingerprint density at radius 1 is 1.45 bits per heavy atom. The van der Waals surface area contributed by atoms with E-state index in [0.29, 0.717) is 25.3 Å². The summed E-state index contributed by atoms with van der Waals surface area (Å²) in [5.74, 6) is -0.136. The van der Waals surface area contributed by atoms with Gasteiger partial charge >= 0.3 is 5.97 Å². The molecule has 20 heavy (non-hydrogen) atoms. The number of phenols is 1. The maximum Gasteiger partial charge on any atom is 0.304 e. The fraction of sp³-hybridized carbons (Fsp3) is 0.533. The molecule has 0 radical (unpaired) electrons. The van der Waals surface area contributed by atoms with Crippen LogP contribution in [0.1, 0.15) is 25.8 Å². The smallest absolute Gasteiger partial charge is 0.304 e. The molecule has 1 aromatic carbocycles. The number of hydrogen-bond acceptors (Lipinski definition) is 4. The SMILES string of the molecule is CCOc1cccc(CC(C)N(C)CCC(=O)O)c1O. The molecule has 0 aromatic heterocycles. The highest BCUT2D eigenvalue weighted by Gasteiger charge is 2.15. The van der Waals surface area contributed by atoms with Crippen molar-refractivity contribution in [2.24, 2.45) is 0 Å². The van der Waals surface area contributed by atoms with Gasteiger partial charge in [-0.2, -0.15) is 0 Å². The molecule has 112 valence electrons. The molecule has 0 heterocycles. The first-order chi connectivity index (χ1) is 9.45. The summed E-state index contributed by atoms with van der Waals surface area (Å²) in [5.41, 5.74) is 0.811. The molecule has 1 atom stereocenters. The lowest BCUT2D eigenvalue weighted by Gasteiger charge is -2.24. The van der Waals surface area contributed by atoms with Crippen molar-refractivity contribution in [2.75, 3.05) is 20.2 Å². The Bertz CT molecular complexity index is 447. The molecule has 5 nitrogen and oxygen atoms in total. The summed E-state index contributed by atoms with van der Waals surface area (Å²) >= 11 is 0. The van der Waals surface area contributed by atoms with Crippen LogP contribution in [0.4, 0.5) is 0 Å². The van der Waals surface area contributed by atoms with Crippen LogP contribution in [-0.4, -0.2) is 47.3 Å². The minimum atomic E-state index is -0.801. The van der Waals surface area contributed by atoms with Crippen LogP contribution in [0.5, 0.6) is 11.5 Å². The average Bonchev–Trinajstić information content (AvgIpc) is 2.40. The van der Waals surface area contributed by atoms with Crippen LogP contribution in [0.25, 0.3) is 0 Å². The van der Waals surface area contributed by atoms with Gasteiger partial charge in [-0.25, -0.2) is 0 Å². The van der Waals surface area contributed by atoms with Crippen molar-refractivity contribution >= 4 is 5.97 Å². The normalized spacial score (nSPS) is 12.4. The summed E-state index contributed by atoms with van der Waals surface area (Å²) in [7, 11) is 1.89. The zero-order valence-electron chi connectivity index (χ0n) is 12.3. The summed E-state index contributed by atoms with van der Waals surface area (Å²) in [6.45, 7) is 4.87. The largest absolute Gasteiger partial charge is 0.504 e. The van der Waals surface area contributed by atoms with Gasteiger partial charge in [0, 0.05) is 12.6 Å². The van der Waals surface area contributed by atoms with Gasteiger partial charge < -0.3 is 19.8 Å². The maximum atomic E-state index is 10.6. The van der Waals surface area contributed by atoms with Gasteiger partial charge in [-0.15, -0.1) is 0 Å². The lowest BCUT2D eigenvalue weighted by atomic mass is 10.0. The molecule has 2 N–H and O–H groups in total. The molecule has 0 bridgehead atoms. The number of carbonyl (C=O) groups is 1.